The van der Waals surface area contributed by atoms with Crippen LogP contribution < -0.4 is 15.2 Å². The molecule has 0 atom stereocenters. The van der Waals surface area contributed by atoms with Gasteiger partial charge in [-0.05, 0) is 35.9 Å². The van der Waals surface area contributed by atoms with E-state index < -0.39 is 5.82 Å². The van der Waals surface area contributed by atoms with Gasteiger partial charge in [-0.3, -0.25) is 0 Å². The molecule has 0 bridgehead atoms. The predicted molar refractivity (Wildman–Crippen MR) is 79.7 cm³/mol. The molecule has 0 aliphatic heterocycles. The summed E-state index contributed by atoms with van der Waals surface area (Å²) in [6.45, 7) is 0.536. The Bertz CT molecular complexity index is 657. The van der Waals surface area contributed by atoms with E-state index in [1.807, 2.05) is 24.3 Å². The fourth-order valence-corrected chi connectivity index (χ4v) is 1.73. The van der Waals surface area contributed by atoms with Crippen LogP contribution in [0.4, 0.5) is 4.39 Å². The van der Waals surface area contributed by atoms with Crippen molar-refractivity contribution in [3.8, 4) is 23.3 Å². The summed E-state index contributed by atoms with van der Waals surface area (Å²) in [4.78, 5) is 0. The van der Waals surface area contributed by atoms with E-state index in [4.69, 9.17) is 15.2 Å². The summed E-state index contributed by atoms with van der Waals surface area (Å²) in [6, 6.07) is 11.9. The molecule has 0 unspecified atom stereocenters. The Labute approximate surface area is 123 Å². The Hall–Kier alpha value is -2.51. The van der Waals surface area contributed by atoms with Crippen LogP contribution in [-0.2, 0) is 6.61 Å². The number of halogens is 1. The van der Waals surface area contributed by atoms with Crippen LogP contribution >= 0.6 is 0 Å². The average molecular weight is 285 g/mol. The molecule has 0 saturated carbocycles. The first-order valence-corrected chi connectivity index (χ1v) is 6.47. The van der Waals surface area contributed by atoms with Gasteiger partial charge in [0.1, 0.15) is 12.4 Å². The average Bonchev–Trinajstić information content (AvgIpc) is 2.53. The maximum Gasteiger partial charge on any atom is 0.165 e. The van der Waals surface area contributed by atoms with Gasteiger partial charge in [-0.2, -0.15) is 0 Å². The van der Waals surface area contributed by atoms with Crippen LogP contribution in [0.25, 0.3) is 0 Å². The molecule has 21 heavy (non-hydrogen) atoms. The van der Waals surface area contributed by atoms with Crippen LogP contribution in [0.15, 0.2) is 42.5 Å². The summed E-state index contributed by atoms with van der Waals surface area (Å²) in [5.41, 5.74) is 6.91. The van der Waals surface area contributed by atoms with Gasteiger partial charge in [0, 0.05) is 5.56 Å². The molecule has 0 aromatic heterocycles. The summed E-state index contributed by atoms with van der Waals surface area (Å²) in [6.07, 6.45) is 0. The first-order chi connectivity index (χ1) is 10.2. The summed E-state index contributed by atoms with van der Waals surface area (Å²) in [5.74, 6) is 6.10. The molecule has 0 radical (unpaired) electrons. The first kappa shape index (κ1) is 14.9. The molecule has 0 spiro atoms. The molecule has 2 aromatic rings. The smallest absolute Gasteiger partial charge is 0.165 e. The molecule has 2 rings (SSSR count). The van der Waals surface area contributed by atoms with E-state index in [1.54, 1.807) is 19.2 Å². The van der Waals surface area contributed by atoms with Crippen molar-refractivity contribution in [3.05, 3.63) is 59.4 Å². The van der Waals surface area contributed by atoms with Gasteiger partial charge in [0.25, 0.3) is 0 Å². The Morgan fingerprint density at radius 3 is 2.57 bits per heavy atom. The summed E-state index contributed by atoms with van der Waals surface area (Å²) in [5, 5.41) is 0. The largest absolute Gasteiger partial charge is 0.497 e. The topological polar surface area (TPSA) is 44.5 Å². The van der Waals surface area contributed by atoms with Crippen molar-refractivity contribution in [2.75, 3.05) is 13.7 Å². The van der Waals surface area contributed by atoms with E-state index in [0.29, 0.717) is 5.56 Å². The maximum absolute atomic E-state index is 13.7. The highest BCUT2D eigenvalue weighted by Gasteiger charge is 2.05. The molecule has 2 aromatic carbocycles. The number of hydrogen-bond acceptors (Lipinski definition) is 3. The second-order valence-electron chi connectivity index (χ2n) is 4.29. The lowest BCUT2D eigenvalue weighted by Crippen LogP contribution is -1.98. The number of nitrogens with two attached hydrogens (primary N) is 1. The van der Waals surface area contributed by atoms with Crippen LogP contribution in [0.2, 0.25) is 0 Å². The Morgan fingerprint density at radius 1 is 1.14 bits per heavy atom. The number of ether oxygens (including phenoxy) is 2. The van der Waals surface area contributed by atoms with E-state index in [0.717, 1.165) is 11.3 Å². The zero-order chi connectivity index (χ0) is 15.1. The van der Waals surface area contributed by atoms with E-state index in [9.17, 15) is 4.39 Å². The van der Waals surface area contributed by atoms with E-state index in [2.05, 4.69) is 11.8 Å². The van der Waals surface area contributed by atoms with Crippen molar-refractivity contribution in [1.29, 1.82) is 0 Å². The van der Waals surface area contributed by atoms with Crippen LogP contribution in [0.1, 0.15) is 11.1 Å². The molecule has 4 heteroatoms. The summed E-state index contributed by atoms with van der Waals surface area (Å²) < 4.78 is 24.3. The van der Waals surface area contributed by atoms with Crippen molar-refractivity contribution < 1.29 is 13.9 Å². The molecule has 0 aliphatic rings. The molecule has 0 aliphatic carbocycles. The van der Waals surface area contributed by atoms with Crippen LogP contribution in [-0.4, -0.2) is 13.7 Å². The normalized spacial score (nSPS) is 9.67. The van der Waals surface area contributed by atoms with Crippen LogP contribution in [0.3, 0.4) is 0 Å². The Morgan fingerprint density at radius 2 is 1.90 bits per heavy atom. The minimum atomic E-state index is -0.415. The highest BCUT2D eigenvalue weighted by molar-refractivity contribution is 5.41. The highest BCUT2D eigenvalue weighted by Crippen LogP contribution is 2.20. The standard InChI is InChI=1S/C17H16FNO2/c1-20-15-7-4-14(5-8-15)12-21-17-11-13(3-2-10-19)6-9-16(17)18/h4-9,11H,10,12,19H2,1H3. The Kier molecular flexibility index (Phi) is 5.19. The molecule has 108 valence electrons. The molecular weight excluding hydrogens is 269 g/mol. The lowest BCUT2D eigenvalue weighted by Gasteiger charge is -2.08. The second kappa shape index (κ2) is 7.32. The number of rotatable bonds is 4. The zero-order valence-electron chi connectivity index (χ0n) is 11.7. The molecule has 0 saturated heterocycles. The van der Waals surface area contributed by atoms with E-state index in [-0.39, 0.29) is 18.9 Å². The van der Waals surface area contributed by atoms with Gasteiger partial charge in [-0.15, -0.1) is 0 Å². The number of hydrogen-bond donors (Lipinski definition) is 1. The third-order valence-electron chi connectivity index (χ3n) is 2.82. The fraction of sp³-hybridized carbons (Fsp3) is 0.176. The first-order valence-electron chi connectivity index (χ1n) is 6.47. The van der Waals surface area contributed by atoms with Gasteiger partial charge in [0.2, 0.25) is 0 Å². The molecule has 0 amide bonds. The second-order valence-corrected chi connectivity index (χ2v) is 4.29. The molecule has 0 fully saturated rings. The zero-order valence-corrected chi connectivity index (χ0v) is 11.7. The lowest BCUT2D eigenvalue weighted by molar-refractivity contribution is 0.290. The van der Waals surface area contributed by atoms with Crippen molar-refractivity contribution in [2.24, 2.45) is 5.73 Å². The van der Waals surface area contributed by atoms with Crippen molar-refractivity contribution >= 4 is 0 Å². The third kappa shape index (κ3) is 4.23. The van der Waals surface area contributed by atoms with Gasteiger partial charge < -0.3 is 15.2 Å². The lowest BCUT2D eigenvalue weighted by atomic mass is 10.2. The summed E-state index contributed by atoms with van der Waals surface area (Å²) in [7, 11) is 1.61. The minimum absolute atomic E-state index is 0.176. The number of benzene rings is 2. The Balaban J connectivity index is 2.07. The van der Waals surface area contributed by atoms with Gasteiger partial charge in [-0.25, -0.2) is 4.39 Å². The SMILES string of the molecule is COc1ccc(COc2cc(C#CCN)ccc2F)cc1. The van der Waals surface area contributed by atoms with E-state index >= 15 is 0 Å². The van der Waals surface area contributed by atoms with Gasteiger partial charge >= 0.3 is 0 Å². The molecule has 3 nitrogen and oxygen atoms in total. The maximum atomic E-state index is 13.7. The van der Waals surface area contributed by atoms with Crippen LogP contribution in [0, 0.1) is 17.7 Å². The summed E-state index contributed by atoms with van der Waals surface area (Å²) >= 11 is 0. The monoisotopic (exact) mass is 285 g/mol. The van der Waals surface area contributed by atoms with Gasteiger partial charge in [0.15, 0.2) is 11.6 Å². The van der Waals surface area contributed by atoms with Gasteiger partial charge in [-0.1, -0.05) is 24.0 Å². The quantitative estimate of drug-likeness (QED) is 0.878. The van der Waals surface area contributed by atoms with Crippen LogP contribution in [0.5, 0.6) is 11.5 Å². The van der Waals surface area contributed by atoms with Gasteiger partial charge in [0.05, 0.1) is 13.7 Å². The predicted octanol–water partition coefficient (Wildman–Crippen LogP) is 2.72. The van der Waals surface area contributed by atoms with Crippen molar-refractivity contribution in [1.82, 2.24) is 0 Å². The minimum Gasteiger partial charge on any atom is -0.497 e. The fourth-order valence-electron chi connectivity index (χ4n) is 1.73. The molecular formula is C17H16FNO2. The van der Waals surface area contributed by atoms with E-state index in [1.165, 1.54) is 6.07 Å². The van der Waals surface area contributed by atoms with Crippen molar-refractivity contribution in [3.63, 3.8) is 0 Å². The molecule has 0 heterocycles. The molecule has 2 N–H and O–H groups in total. The van der Waals surface area contributed by atoms with Crippen molar-refractivity contribution in [2.45, 2.75) is 6.61 Å². The number of methoxy groups -OCH3 is 1. The third-order valence-corrected chi connectivity index (χ3v) is 2.82. The highest BCUT2D eigenvalue weighted by atomic mass is 19.1.